The summed E-state index contributed by atoms with van der Waals surface area (Å²) in [5.41, 5.74) is 1.28. The van der Waals surface area contributed by atoms with Crippen LogP contribution in [0.25, 0.3) is 0 Å². The van der Waals surface area contributed by atoms with Crippen LogP contribution >= 0.6 is 0 Å². The molecule has 1 aromatic rings. The fraction of sp³-hybridized carbons (Fsp3) is 0.583. The van der Waals surface area contributed by atoms with Crippen molar-refractivity contribution >= 4 is 0 Å². The minimum atomic E-state index is 0.427. The second-order valence-electron chi connectivity index (χ2n) is 4.39. The van der Waals surface area contributed by atoms with Crippen molar-refractivity contribution in [3.05, 3.63) is 30.1 Å². The summed E-state index contributed by atoms with van der Waals surface area (Å²) in [6.45, 7) is 5.67. The zero-order valence-electron chi connectivity index (χ0n) is 8.90. The van der Waals surface area contributed by atoms with Crippen molar-refractivity contribution in [1.29, 1.82) is 0 Å². The van der Waals surface area contributed by atoms with Crippen LogP contribution in [-0.4, -0.2) is 11.5 Å². The second-order valence-corrected chi connectivity index (χ2v) is 4.39. The first-order valence-corrected chi connectivity index (χ1v) is 5.40. The zero-order chi connectivity index (χ0) is 9.97. The Morgan fingerprint density at radius 1 is 1.64 bits per heavy atom. The van der Waals surface area contributed by atoms with Gasteiger partial charge in [-0.05, 0) is 43.4 Å². The van der Waals surface area contributed by atoms with Crippen LogP contribution in [0.3, 0.4) is 0 Å². The van der Waals surface area contributed by atoms with Gasteiger partial charge in [0.2, 0.25) is 0 Å². The first-order chi connectivity index (χ1) is 6.77. The summed E-state index contributed by atoms with van der Waals surface area (Å²) in [6, 6.07) is 4.55. The van der Waals surface area contributed by atoms with Crippen LogP contribution in [0.2, 0.25) is 0 Å². The quantitative estimate of drug-likeness (QED) is 0.788. The molecule has 2 nitrogen and oxygen atoms in total. The van der Waals surface area contributed by atoms with Crippen LogP contribution in [0, 0.1) is 11.8 Å². The van der Waals surface area contributed by atoms with Crippen molar-refractivity contribution in [2.45, 2.75) is 26.3 Å². The number of rotatable bonds is 4. The number of hydrogen-bond acceptors (Lipinski definition) is 2. The maximum atomic E-state index is 4.12. The largest absolute Gasteiger partial charge is 0.310 e. The lowest BCUT2D eigenvalue weighted by molar-refractivity contribution is 0.534. The predicted molar refractivity (Wildman–Crippen MR) is 57.9 cm³/mol. The molecule has 1 aliphatic carbocycles. The van der Waals surface area contributed by atoms with Crippen molar-refractivity contribution in [3.63, 3.8) is 0 Å². The molecule has 3 atom stereocenters. The van der Waals surface area contributed by atoms with Crippen molar-refractivity contribution in [1.82, 2.24) is 10.3 Å². The summed E-state index contributed by atoms with van der Waals surface area (Å²) < 4.78 is 0. The smallest absolute Gasteiger partial charge is 0.0315 e. The highest BCUT2D eigenvalue weighted by atomic mass is 14.9. The third-order valence-electron chi connectivity index (χ3n) is 3.15. The van der Waals surface area contributed by atoms with E-state index >= 15 is 0 Å². The van der Waals surface area contributed by atoms with Gasteiger partial charge in [-0.25, -0.2) is 0 Å². The molecule has 0 amide bonds. The molecule has 0 spiro atoms. The van der Waals surface area contributed by atoms with Crippen molar-refractivity contribution in [3.8, 4) is 0 Å². The van der Waals surface area contributed by atoms with E-state index in [4.69, 9.17) is 0 Å². The molecular weight excluding hydrogens is 172 g/mol. The molecule has 1 aliphatic rings. The molecule has 1 N–H and O–H groups in total. The van der Waals surface area contributed by atoms with Gasteiger partial charge >= 0.3 is 0 Å². The number of nitrogens with one attached hydrogen (secondary N) is 1. The van der Waals surface area contributed by atoms with Gasteiger partial charge in [0, 0.05) is 18.4 Å². The molecule has 2 rings (SSSR count). The van der Waals surface area contributed by atoms with Crippen LogP contribution in [0.5, 0.6) is 0 Å². The summed E-state index contributed by atoms with van der Waals surface area (Å²) in [4.78, 5) is 4.12. The fourth-order valence-electron chi connectivity index (χ4n) is 1.76. The summed E-state index contributed by atoms with van der Waals surface area (Å²) in [6.07, 6.45) is 5.15. The van der Waals surface area contributed by atoms with Crippen molar-refractivity contribution < 1.29 is 0 Å². The zero-order valence-corrected chi connectivity index (χ0v) is 8.90. The maximum absolute atomic E-state index is 4.12. The Kier molecular flexibility index (Phi) is 2.82. The van der Waals surface area contributed by atoms with Gasteiger partial charge in [-0.15, -0.1) is 0 Å². The third-order valence-corrected chi connectivity index (χ3v) is 3.15. The second kappa shape index (κ2) is 4.09. The van der Waals surface area contributed by atoms with Gasteiger partial charge in [0.25, 0.3) is 0 Å². The van der Waals surface area contributed by atoms with Gasteiger partial charge in [0.05, 0.1) is 0 Å². The number of pyridine rings is 1. The number of aromatic nitrogens is 1. The molecule has 0 bridgehead atoms. The lowest BCUT2D eigenvalue weighted by Gasteiger charge is -2.13. The molecule has 3 unspecified atom stereocenters. The SMILES string of the molecule is CC(NCC1CC1C)c1cccnc1. The molecule has 1 saturated carbocycles. The number of nitrogens with zero attached hydrogens (tertiary/aromatic N) is 1. The molecule has 0 aromatic carbocycles. The third kappa shape index (κ3) is 2.32. The van der Waals surface area contributed by atoms with Crippen LogP contribution < -0.4 is 5.32 Å². The highest BCUT2D eigenvalue weighted by Gasteiger charge is 2.32. The van der Waals surface area contributed by atoms with E-state index in [0.29, 0.717) is 6.04 Å². The topological polar surface area (TPSA) is 24.9 Å². The minimum absolute atomic E-state index is 0.427. The summed E-state index contributed by atoms with van der Waals surface area (Å²) in [5.74, 6) is 1.85. The Balaban J connectivity index is 1.81. The van der Waals surface area contributed by atoms with Crippen molar-refractivity contribution in [2.75, 3.05) is 6.54 Å². The molecule has 0 saturated heterocycles. The molecule has 14 heavy (non-hydrogen) atoms. The van der Waals surface area contributed by atoms with E-state index in [9.17, 15) is 0 Å². The molecule has 0 radical (unpaired) electrons. The summed E-state index contributed by atoms with van der Waals surface area (Å²) >= 11 is 0. The first kappa shape index (κ1) is 9.66. The molecule has 2 heteroatoms. The van der Waals surface area contributed by atoms with Gasteiger partial charge < -0.3 is 5.32 Å². The standard InChI is InChI=1S/C12H18N2/c1-9-6-12(9)8-14-10(2)11-4-3-5-13-7-11/h3-5,7,9-10,12,14H,6,8H2,1-2H3. The van der Waals surface area contributed by atoms with Crippen LogP contribution in [0.1, 0.15) is 31.9 Å². The maximum Gasteiger partial charge on any atom is 0.0315 e. The number of hydrogen-bond donors (Lipinski definition) is 1. The minimum Gasteiger partial charge on any atom is -0.310 e. The van der Waals surface area contributed by atoms with E-state index in [1.54, 1.807) is 0 Å². The average Bonchev–Trinajstić information content (AvgIpc) is 2.92. The van der Waals surface area contributed by atoms with E-state index in [1.807, 2.05) is 18.5 Å². The Morgan fingerprint density at radius 2 is 2.43 bits per heavy atom. The van der Waals surface area contributed by atoms with E-state index in [1.165, 1.54) is 12.0 Å². The van der Waals surface area contributed by atoms with Gasteiger partial charge in [-0.2, -0.15) is 0 Å². The Labute approximate surface area is 85.7 Å². The Hall–Kier alpha value is -0.890. The Morgan fingerprint density at radius 3 is 3.00 bits per heavy atom. The molecule has 0 aliphatic heterocycles. The summed E-state index contributed by atoms with van der Waals surface area (Å²) in [5, 5.41) is 3.55. The normalized spacial score (nSPS) is 27.3. The molecule has 1 aromatic heterocycles. The summed E-state index contributed by atoms with van der Waals surface area (Å²) in [7, 11) is 0. The average molecular weight is 190 g/mol. The highest BCUT2D eigenvalue weighted by Crippen LogP contribution is 2.37. The first-order valence-electron chi connectivity index (χ1n) is 5.40. The van der Waals surface area contributed by atoms with E-state index in [-0.39, 0.29) is 0 Å². The molecular formula is C12H18N2. The molecule has 76 valence electrons. The lowest BCUT2D eigenvalue weighted by atomic mass is 10.1. The van der Waals surface area contributed by atoms with Gasteiger partial charge in [0.15, 0.2) is 0 Å². The monoisotopic (exact) mass is 190 g/mol. The van der Waals surface area contributed by atoms with Crippen LogP contribution in [0.4, 0.5) is 0 Å². The Bertz CT molecular complexity index is 284. The van der Waals surface area contributed by atoms with E-state index in [0.717, 1.165) is 18.4 Å². The van der Waals surface area contributed by atoms with E-state index in [2.05, 4.69) is 30.2 Å². The van der Waals surface area contributed by atoms with Crippen LogP contribution in [-0.2, 0) is 0 Å². The predicted octanol–water partition coefficient (Wildman–Crippen LogP) is 2.39. The molecule has 1 heterocycles. The molecule has 1 fully saturated rings. The fourth-order valence-corrected chi connectivity index (χ4v) is 1.76. The van der Waals surface area contributed by atoms with Gasteiger partial charge in [0.1, 0.15) is 0 Å². The van der Waals surface area contributed by atoms with Gasteiger partial charge in [-0.1, -0.05) is 13.0 Å². The van der Waals surface area contributed by atoms with Crippen LogP contribution in [0.15, 0.2) is 24.5 Å². The van der Waals surface area contributed by atoms with Gasteiger partial charge in [-0.3, -0.25) is 4.98 Å². The lowest BCUT2D eigenvalue weighted by Crippen LogP contribution is -2.21. The highest BCUT2D eigenvalue weighted by molar-refractivity contribution is 5.12. The van der Waals surface area contributed by atoms with Crippen molar-refractivity contribution in [2.24, 2.45) is 11.8 Å². The van der Waals surface area contributed by atoms with E-state index < -0.39 is 0 Å².